The van der Waals surface area contributed by atoms with Gasteiger partial charge < -0.3 is 0 Å². The predicted molar refractivity (Wildman–Crippen MR) is 72.8 cm³/mol. The van der Waals surface area contributed by atoms with Crippen molar-refractivity contribution in [1.82, 2.24) is 20.2 Å². The van der Waals surface area contributed by atoms with Gasteiger partial charge >= 0.3 is 0 Å². The summed E-state index contributed by atoms with van der Waals surface area (Å²) >= 11 is 3.63. The molecular weight excluding hydrogens is 292 g/mol. The normalized spacial score (nSPS) is 16.3. The lowest BCUT2D eigenvalue weighted by atomic mass is 10.1. The summed E-state index contributed by atoms with van der Waals surface area (Å²) in [6.45, 7) is 2.08. The maximum atomic E-state index is 4.23. The van der Waals surface area contributed by atoms with Crippen LogP contribution < -0.4 is 0 Å². The molecule has 3 rings (SSSR count). The van der Waals surface area contributed by atoms with E-state index in [1.165, 1.54) is 31.2 Å². The van der Waals surface area contributed by atoms with E-state index >= 15 is 0 Å². The molecule has 0 saturated heterocycles. The van der Waals surface area contributed by atoms with E-state index in [4.69, 9.17) is 0 Å². The minimum atomic E-state index is 0.507. The van der Waals surface area contributed by atoms with Crippen LogP contribution in [0.25, 0.3) is 5.69 Å². The van der Waals surface area contributed by atoms with Gasteiger partial charge in [0.05, 0.1) is 5.69 Å². The Balaban J connectivity index is 2.06. The van der Waals surface area contributed by atoms with Gasteiger partial charge in [-0.3, -0.25) is 0 Å². The summed E-state index contributed by atoms with van der Waals surface area (Å²) in [6.07, 6.45) is 4.96. The number of aryl methyl sites for hydroxylation is 1. The summed E-state index contributed by atoms with van der Waals surface area (Å²) in [5.74, 6) is 1.51. The van der Waals surface area contributed by atoms with Crippen LogP contribution in [0.3, 0.4) is 0 Å². The van der Waals surface area contributed by atoms with Gasteiger partial charge in [-0.2, -0.15) is 4.68 Å². The van der Waals surface area contributed by atoms with Crippen LogP contribution in [0.2, 0.25) is 0 Å². The van der Waals surface area contributed by atoms with Gasteiger partial charge in [0.15, 0.2) is 5.82 Å². The Bertz CT molecular complexity index is 558. The van der Waals surface area contributed by atoms with Crippen molar-refractivity contribution < 1.29 is 0 Å². The first kappa shape index (κ1) is 11.8. The van der Waals surface area contributed by atoms with E-state index in [9.17, 15) is 0 Å². The number of nitrogens with zero attached hydrogens (tertiary/aromatic N) is 4. The molecule has 1 aromatic heterocycles. The average Bonchev–Trinajstić information content (AvgIpc) is 3.01. The van der Waals surface area contributed by atoms with Crippen molar-refractivity contribution in [3.05, 3.63) is 34.1 Å². The highest BCUT2D eigenvalue weighted by atomic mass is 79.9. The third-order valence-electron chi connectivity index (χ3n) is 3.61. The zero-order valence-electron chi connectivity index (χ0n) is 10.3. The fourth-order valence-corrected chi connectivity index (χ4v) is 3.03. The van der Waals surface area contributed by atoms with Crippen molar-refractivity contribution in [2.24, 2.45) is 0 Å². The average molecular weight is 307 g/mol. The second kappa shape index (κ2) is 4.80. The molecule has 0 unspecified atom stereocenters. The maximum absolute atomic E-state index is 4.23. The number of tetrazole rings is 1. The highest BCUT2D eigenvalue weighted by Crippen LogP contribution is 2.34. The van der Waals surface area contributed by atoms with Crippen molar-refractivity contribution in [2.45, 2.75) is 38.5 Å². The molecule has 0 bridgehead atoms. The molecule has 1 heterocycles. The number of aromatic nitrogens is 4. The second-order valence-corrected chi connectivity index (χ2v) is 5.63. The molecule has 0 spiro atoms. The molecule has 0 aliphatic heterocycles. The van der Waals surface area contributed by atoms with Gasteiger partial charge in [0.25, 0.3) is 0 Å². The summed E-state index contributed by atoms with van der Waals surface area (Å²) < 4.78 is 2.95. The number of benzene rings is 1. The van der Waals surface area contributed by atoms with Gasteiger partial charge in [-0.15, -0.1) is 5.10 Å². The Kier molecular flexibility index (Phi) is 3.16. The third-order valence-corrected chi connectivity index (χ3v) is 4.65. The summed E-state index contributed by atoms with van der Waals surface area (Å²) in [6, 6.07) is 6.16. The zero-order valence-corrected chi connectivity index (χ0v) is 11.9. The fraction of sp³-hybridized carbons (Fsp3) is 0.462. The van der Waals surface area contributed by atoms with E-state index in [1.807, 2.05) is 16.8 Å². The van der Waals surface area contributed by atoms with Crippen LogP contribution in [0.4, 0.5) is 0 Å². The molecule has 0 atom stereocenters. The SMILES string of the molecule is Cc1cccc(-n2nnnc2C2CCCC2)c1Br. The molecule has 0 amide bonds. The number of hydrogen-bond acceptors (Lipinski definition) is 3. The Morgan fingerprint density at radius 2 is 2.06 bits per heavy atom. The van der Waals surface area contributed by atoms with Gasteiger partial charge in [0, 0.05) is 10.4 Å². The molecule has 94 valence electrons. The molecule has 0 radical (unpaired) electrons. The van der Waals surface area contributed by atoms with Crippen LogP contribution in [-0.2, 0) is 0 Å². The molecule has 0 N–H and O–H groups in total. The van der Waals surface area contributed by atoms with Crippen molar-refractivity contribution in [1.29, 1.82) is 0 Å². The largest absolute Gasteiger partial charge is 0.196 e. The Labute approximate surface area is 115 Å². The number of hydrogen-bond donors (Lipinski definition) is 0. The van der Waals surface area contributed by atoms with Crippen molar-refractivity contribution >= 4 is 15.9 Å². The molecule has 1 saturated carbocycles. The van der Waals surface area contributed by atoms with Crippen molar-refractivity contribution in [3.63, 3.8) is 0 Å². The highest BCUT2D eigenvalue weighted by Gasteiger charge is 2.24. The molecule has 5 heteroatoms. The van der Waals surface area contributed by atoms with E-state index in [0.717, 1.165) is 16.0 Å². The second-order valence-electron chi connectivity index (χ2n) is 4.84. The first-order valence-corrected chi connectivity index (χ1v) is 7.10. The number of halogens is 1. The molecule has 2 aromatic rings. The van der Waals surface area contributed by atoms with E-state index in [0.29, 0.717) is 5.92 Å². The Hall–Kier alpha value is -1.23. The van der Waals surface area contributed by atoms with Crippen LogP contribution in [0.5, 0.6) is 0 Å². The van der Waals surface area contributed by atoms with Crippen LogP contribution in [0.15, 0.2) is 22.7 Å². The molecule has 1 aliphatic carbocycles. The molecule has 18 heavy (non-hydrogen) atoms. The Morgan fingerprint density at radius 1 is 1.28 bits per heavy atom. The molecular formula is C13H15BrN4. The minimum Gasteiger partial charge on any atom is -0.196 e. The van der Waals surface area contributed by atoms with Gasteiger partial charge in [0.2, 0.25) is 0 Å². The van der Waals surface area contributed by atoms with E-state index in [-0.39, 0.29) is 0 Å². The van der Waals surface area contributed by atoms with Gasteiger partial charge in [-0.05, 0) is 57.8 Å². The smallest absolute Gasteiger partial charge is 0.159 e. The molecule has 1 aromatic carbocycles. The maximum Gasteiger partial charge on any atom is 0.159 e. The van der Waals surface area contributed by atoms with Crippen LogP contribution >= 0.6 is 15.9 Å². The fourth-order valence-electron chi connectivity index (χ4n) is 2.60. The van der Waals surface area contributed by atoms with E-state index < -0.39 is 0 Å². The van der Waals surface area contributed by atoms with E-state index in [2.05, 4.69) is 44.4 Å². The van der Waals surface area contributed by atoms with E-state index in [1.54, 1.807) is 0 Å². The first-order valence-electron chi connectivity index (χ1n) is 6.31. The monoisotopic (exact) mass is 306 g/mol. The van der Waals surface area contributed by atoms with Gasteiger partial charge in [-0.25, -0.2) is 0 Å². The first-order chi connectivity index (χ1) is 8.77. The van der Waals surface area contributed by atoms with Crippen molar-refractivity contribution in [3.8, 4) is 5.69 Å². The Morgan fingerprint density at radius 3 is 2.83 bits per heavy atom. The van der Waals surface area contributed by atoms with Crippen LogP contribution in [0.1, 0.15) is 43.0 Å². The lowest BCUT2D eigenvalue weighted by Gasteiger charge is -2.11. The third kappa shape index (κ3) is 1.96. The number of rotatable bonds is 2. The summed E-state index contributed by atoms with van der Waals surface area (Å²) in [4.78, 5) is 0. The highest BCUT2D eigenvalue weighted by molar-refractivity contribution is 9.10. The molecule has 4 nitrogen and oxygen atoms in total. The molecule has 1 fully saturated rings. The summed E-state index contributed by atoms with van der Waals surface area (Å²) in [5.41, 5.74) is 2.22. The zero-order chi connectivity index (χ0) is 12.5. The minimum absolute atomic E-state index is 0.507. The standard InChI is InChI=1S/C13H15BrN4/c1-9-5-4-8-11(12(9)14)18-13(15-16-17-18)10-6-2-3-7-10/h4-5,8,10H,2-3,6-7H2,1H3. The van der Waals surface area contributed by atoms with Crippen LogP contribution in [0, 0.1) is 6.92 Å². The molecule has 1 aliphatic rings. The summed E-state index contributed by atoms with van der Waals surface area (Å²) in [5, 5.41) is 12.2. The lowest BCUT2D eigenvalue weighted by Crippen LogP contribution is -2.07. The van der Waals surface area contributed by atoms with Crippen molar-refractivity contribution in [2.75, 3.05) is 0 Å². The quantitative estimate of drug-likeness (QED) is 0.854. The van der Waals surface area contributed by atoms with Crippen LogP contribution in [-0.4, -0.2) is 20.2 Å². The predicted octanol–water partition coefficient (Wildman–Crippen LogP) is 3.39. The summed E-state index contributed by atoms with van der Waals surface area (Å²) in [7, 11) is 0. The van der Waals surface area contributed by atoms with Gasteiger partial charge in [-0.1, -0.05) is 25.0 Å². The van der Waals surface area contributed by atoms with Gasteiger partial charge in [0.1, 0.15) is 0 Å². The topological polar surface area (TPSA) is 43.6 Å². The lowest BCUT2D eigenvalue weighted by molar-refractivity contribution is 0.635.